The summed E-state index contributed by atoms with van der Waals surface area (Å²) in [7, 11) is 0. The minimum absolute atomic E-state index is 0.620. The number of benzene rings is 6. The Morgan fingerprint density at radius 2 is 0.833 bits per heavy atom. The molecule has 0 unspecified atom stereocenters. The molecule has 6 aromatic rings. The van der Waals surface area contributed by atoms with Gasteiger partial charge in [0, 0.05) is 22.3 Å². The van der Waals surface area contributed by atoms with E-state index in [9.17, 15) is 0 Å². The number of nitrogens with zero attached hydrogens (tertiary/aromatic N) is 2. The van der Waals surface area contributed by atoms with Gasteiger partial charge in [0.2, 0.25) is 0 Å². The third-order valence-electron chi connectivity index (χ3n) is 6.91. The summed E-state index contributed by atoms with van der Waals surface area (Å²) in [6.07, 6.45) is 4.27. The Morgan fingerprint density at radius 1 is 0.452 bits per heavy atom. The highest BCUT2D eigenvalue weighted by Crippen LogP contribution is 2.22. The van der Waals surface area contributed by atoms with Crippen LogP contribution in [0.2, 0.25) is 0 Å². The van der Waals surface area contributed by atoms with Crippen molar-refractivity contribution in [3.05, 3.63) is 172 Å². The highest BCUT2D eigenvalue weighted by molar-refractivity contribution is 5.89. The molecule has 0 aromatic heterocycles. The maximum Gasteiger partial charge on any atom is 0.187 e. The number of nitriles is 1. The molecule has 0 N–H and O–H groups in total. The summed E-state index contributed by atoms with van der Waals surface area (Å²) in [6.45, 7) is 7.06. The van der Waals surface area contributed by atoms with E-state index in [1.807, 2.05) is 36.4 Å². The quantitative estimate of drug-likeness (QED) is 0.125. The van der Waals surface area contributed by atoms with Crippen LogP contribution >= 0.6 is 0 Å². The van der Waals surface area contributed by atoms with Crippen molar-refractivity contribution in [3.8, 4) is 29.8 Å². The fraction of sp³-hybridized carbons (Fsp3) is 0. The van der Waals surface area contributed by atoms with Crippen LogP contribution in [-0.4, -0.2) is 0 Å². The molecule has 0 heterocycles. The third-order valence-corrected chi connectivity index (χ3v) is 6.91. The molecule has 0 spiro atoms. The lowest BCUT2D eigenvalue weighted by molar-refractivity contribution is 1.48. The van der Waals surface area contributed by atoms with Crippen LogP contribution in [0.5, 0.6) is 0 Å². The van der Waals surface area contributed by atoms with Crippen LogP contribution in [0.25, 0.3) is 38.5 Å². The highest BCUT2D eigenvalue weighted by Gasteiger charge is 1.99. The maximum absolute atomic E-state index is 8.95. The Balaban J connectivity index is 1.16. The summed E-state index contributed by atoms with van der Waals surface area (Å²) in [4.78, 5) is 3.42. The molecule has 2 nitrogen and oxygen atoms in total. The first kappa shape index (κ1) is 25.9. The van der Waals surface area contributed by atoms with Crippen molar-refractivity contribution < 1.29 is 0 Å². The van der Waals surface area contributed by atoms with Crippen LogP contribution < -0.4 is 0 Å². The standard InChI is InChI=1S/C40H22N2/c1-42-40-22-16-30(17-23-40)3-7-32-13-19-39-27-34(15-21-37(39)25-32)9-8-33-14-20-36-24-31(12-18-38(36)26-33)6-2-29-4-10-35(28-41)11-5-29/h4-5,8-27H/b9-8+. The summed E-state index contributed by atoms with van der Waals surface area (Å²) in [5.74, 6) is 12.8. The predicted octanol–water partition coefficient (Wildman–Crippen LogP) is 9.39. The largest absolute Gasteiger partial charge is 0.238 e. The summed E-state index contributed by atoms with van der Waals surface area (Å²) in [5, 5.41) is 13.6. The topological polar surface area (TPSA) is 28.1 Å². The van der Waals surface area contributed by atoms with Gasteiger partial charge in [-0.15, -0.1) is 0 Å². The smallest absolute Gasteiger partial charge is 0.187 e. The lowest BCUT2D eigenvalue weighted by Crippen LogP contribution is -1.81. The van der Waals surface area contributed by atoms with Gasteiger partial charge in [-0.3, -0.25) is 0 Å². The lowest BCUT2D eigenvalue weighted by Gasteiger charge is -2.03. The van der Waals surface area contributed by atoms with Gasteiger partial charge in [0.25, 0.3) is 0 Å². The van der Waals surface area contributed by atoms with Crippen LogP contribution in [0.15, 0.2) is 121 Å². The minimum Gasteiger partial charge on any atom is -0.238 e. The molecule has 0 radical (unpaired) electrons. The number of hydrogen-bond donors (Lipinski definition) is 0. The van der Waals surface area contributed by atoms with Crippen LogP contribution in [0, 0.1) is 41.6 Å². The first-order chi connectivity index (χ1) is 20.6. The van der Waals surface area contributed by atoms with Crippen molar-refractivity contribution in [3.63, 3.8) is 0 Å². The normalized spacial score (nSPS) is 10.3. The molecule has 0 bridgehead atoms. The molecular weight excluding hydrogens is 508 g/mol. The van der Waals surface area contributed by atoms with E-state index in [4.69, 9.17) is 11.8 Å². The molecule has 2 heteroatoms. The molecule has 0 saturated carbocycles. The van der Waals surface area contributed by atoms with E-state index >= 15 is 0 Å². The monoisotopic (exact) mass is 530 g/mol. The van der Waals surface area contributed by atoms with E-state index in [1.54, 1.807) is 24.3 Å². The van der Waals surface area contributed by atoms with Gasteiger partial charge in [0.1, 0.15) is 0 Å². The SMILES string of the molecule is [C-]#[N+]c1ccc(C#Cc2ccc3cc(/C=C/c4ccc5cc(C#Cc6ccc(C#N)cc6)ccc5c4)ccc3c2)cc1. The Morgan fingerprint density at radius 3 is 1.31 bits per heavy atom. The molecule has 0 atom stereocenters. The maximum atomic E-state index is 8.95. The van der Waals surface area contributed by atoms with Crippen molar-refractivity contribution in [1.82, 2.24) is 0 Å². The van der Waals surface area contributed by atoms with Crippen LogP contribution in [-0.2, 0) is 0 Å². The fourth-order valence-corrected chi connectivity index (χ4v) is 4.62. The number of fused-ring (bicyclic) bond motifs is 2. The number of hydrogen-bond acceptors (Lipinski definition) is 1. The van der Waals surface area contributed by atoms with Crippen LogP contribution in [0.1, 0.15) is 38.9 Å². The highest BCUT2D eigenvalue weighted by atomic mass is 14.6. The molecule has 6 rings (SSSR count). The molecule has 0 saturated heterocycles. The molecule has 42 heavy (non-hydrogen) atoms. The van der Waals surface area contributed by atoms with E-state index in [0.29, 0.717) is 11.3 Å². The van der Waals surface area contributed by atoms with E-state index in [2.05, 4.69) is 107 Å². The minimum atomic E-state index is 0.620. The molecule has 0 amide bonds. The van der Waals surface area contributed by atoms with Crippen molar-refractivity contribution in [2.75, 3.05) is 0 Å². The zero-order valence-electron chi connectivity index (χ0n) is 22.6. The Labute approximate surface area is 245 Å². The van der Waals surface area contributed by atoms with Gasteiger partial charge in [-0.2, -0.15) is 5.26 Å². The summed E-state index contributed by atoms with van der Waals surface area (Å²) >= 11 is 0. The molecule has 6 aromatic carbocycles. The van der Waals surface area contributed by atoms with Crippen LogP contribution in [0.3, 0.4) is 0 Å². The average molecular weight is 531 g/mol. The predicted molar refractivity (Wildman–Crippen MR) is 173 cm³/mol. The third kappa shape index (κ3) is 6.12. The summed E-state index contributed by atoms with van der Waals surface area (Å²) < 4.78 is 0. The van der Waals surface area contributed by atoms with Gasteiger partial charge in [-0.1, -0.05) is 96.5 Å². The van der Waals surface area contributed by atoms with Crippen molar-refractivity contribution in [1.29, 1.82) is 5.26 Å². The summed E-state index contributed by atoms with van der Waals surface area (Å²) in [5.41, 5.74) is 7.21. The fourth-order valence-electron chi connectivity index (χ4n) is 4.62. The van der Waals surface area contributed by atoms with E-state index in [1.165, 1.54) is 0 Å². The Hall–Kier alpha value is -6.32. The van der Waals surface area contributed by atoms with Crippen molar-refractivity contribution >= 4 is 39.4 Å². The Kier molecular flexibility index (Phi) is 7.30. The molecule has 192 valence electrons. The molecule has 0 fully saturated rings. The van der Waals surface area contributed by atoms with E-state index < -0.39 is 0 Å². The second kappa shape index (κ2) is 11.8. The molecule has 0 aliphatic rings. The van der Waals surface area contributed by atoms with Gasteiger partial charge in [-0.25, -0.2) is 4.85 Å². The van der Waals surface area contributed by atoms with Gasteiger partial charge in [0.15, 0.2) is 5.69 Å². The van der Waals surface area contributed by atoms with Crippen LogP contribution in [0.4, 0.5) is 5.69 Å². The first-order valence-electron chi connectivity index (χ1n) is 13.4. The zero-order chi connectivity index (χ0) is 28.7. The second-order valence-corrected chi connectivity index (χ2v) is 9.82. The second-order valence-electron chi connectivity index (χ2n) is 9.82. The van der Waals surface area contributed by atoms with Gasteiger partial charge >= 0.3 is 0 Å². The van der Waals surface area contributed by atoms with Crippen molar-refractivity contribution in [2.24, 2.45) is 0 Å². The average Bonchev–Trinajstić information content (AvgIpc) is 3.05. The van der Waals surface area contributed by atoms with Gasteiger partial charge in [-0.05, 0) is 93.3 Å². The van der Waals surface area contributed by atoms with E-state index in [-0.39, 0.29) is 0 Å². The van der Waals surface area contributed by atoms with E-state index in [0.717, 1.165) is 54.9 Å². The molecule has 0 aliphatic heterocycles. The number of rotatable bonds is 2. The van der Waals surface area contributed by atoms with Gasteiger partial charge in [0.05, 0.1) is 18.2 Å². The van der Waals surface area contributed by atoms with Crippen molar-refractivity contribution in [2.45, 2.75) is 0 Å². The zero-order valence-corrected chi connectivity index (χ0v) is 22.6. The lowest BCUT2D eigenvalue weighted by atomic mass is 10.0. The Bertz CT molecular complexity index is 2040. The van der Waals surface area contributed by atoms with Gasteiger partial charge < -0.3 is 0 Å². The molecule has 0 aliphatic carbocycles. The summed E-state index contributed by atoms with van der Waals surface area (Å²) in [6, 6.07) is 42.2. The molecular formula is C40H22N2. The first-order valence-corrected chi connectivity index (χ1v) is 13.4.